The second-order valence-electron chi connectivity index (χ2n) is 3.17. The Hall–Kier alpha value is -2.87. The lowest BCUT2D eigenvalue weighted by Gasteiger charge is -2.01. The number of nitriles is 1. The quantitative estimate of drug-likeness (QED) is 0.377. The van der Waals surface area contributed by atoms with E-state index in [4.69, 9.17) is 15.1 Å². The number of rotatable bonds is 4. The molecule has 0 spiro atoms. The number of carboxylic acids is 1. The standard InChI is InChI=1S/C13H9NO4/c1-2-12(15)18-11-5-3-9(4-6-11)7-10(8-14)13(16)17/h2-7H,1H2,(H,16,17)/b10-7-. The number of carbonyl (C=O) groups excluding carboxylic acids is 1. The molecule has 1 aromatic carbocycles. The third-order valence-corrected chi connectivity index (χ3v) is 1.93. The zero-order valence-corrected chi connectivity index (χ0v) is 9.29. The Morgan fingerprint density at radius 1 is 1.33 bits per heavy atom. The maximum atomic E-state index is 10.9. The average molecular weight is 243 g/mol. The van der Waals surface area contributed by atoms with Crippen LogP contribution in [0.1, 0.15) is 5.56 Å². The fraction of sp³-hybridized carbons (Fsp3) is 0. The van der Waals surface area contributed by atoms with Gasteiger partial charge in [-0.1, -0.05) is 18.7 Å². The molecule has 0 unspecified atom stereocenters. The van der Waals surface area contributed by atoms with Crippen LogP contribution in [0, 0.1) is 11.3 Å². The van der Waals surface area contributed by atoms with Gasteiger partial charge < -0.3 is 9.84 Å². The molecule has 5 nitrogen and oxygen atoms in total. The Labute approximate surface area is 103 Å². The molecule has 0 aromatic heterocycles. The summed E-state index contributed by atoms with van der Waals surface area (Å²) >= 11 is 0. The van der Waals surface area contributed by atoms with Crippen molar-refractivity contribution in [2.24, 2.45) is 0 Å². The molecular weight excluding hydrogens is 234 g/mol. The maximum absolute atomic E-state index is 10.9. The molecule has 0 radical (unpaired) electrons. The number of hydrogen-bond donors (Lipinski definition) is 1. The second kappa shape index (κ2) is 6.01. The molecule has 0 fully saturated rings. The molecule has 0 saturated carbocycles. The number of nitrogens with zero attached hydrogens (tertiary/aromatic N) is 1. The van der Waals surface area contributed by atoms with Crippen LogP contribution in [-0.4, -0.2) is 17.0 Å². The summed E-state index contributed by atoms with van der Waals surface area (Å²) in [6, 6.07) is 7.62. The van der Waals surface area contributed by atoms with Crippen molar-refractivity contribution in [1.82, 2.24) is 0 Å². The summed E-state index contributed by atoms with van der Waals surface area (Å²) in [4.78, 5) is 21.5. The summed E-state index contributed by atoms with van der Waals surface area (Å²) in [6.45, 7) is 3.26. The fourth-order valence-corrected chi connectivity index (χ4v) is 1.10. The van der Waals surface area contributed by atoms with Gasteiger partial charge >= 0.3 is 11.9 Å². The van der Waals surface area contributed by atoms with E-state index in [1.165, 1.54) is 30.3 Å². The Kier molecular flexibility index (Phi) is 4.41. The van der Waals surface area contributed by atoms with Crippen molar-refractivity contribution in [2.45, 2.75) is 0 Å². The first-order chi connectivity index (χ1) is 8.56. The number of hydrogen-bond acceptors (Lipinski definition) is 4. The second-order valence-corrected chi connectivity index (χ2v) is 3.17. The summed E-state index contributed by atoms with van der Waals surface area (Å²) in [5.74, 6) is -1.56. The van der Waals surface area contributed by atoms with Crippen molar-refractivity contribution >= 4 is 18.0 Å². The minimum Gasteiger partial charge on any atom is -0.477 e. The molecular formula is C13H9NO4. The van der Waals surface area contributed by atoms with E-state index in [-0.39, 0.29) is 5.57 Å². The monoisotopic (exact) mass is 243 g/mol. The highest BCUT2D eigenvalue weighted by atomic mass is 16.5. The van der Waals surface area contributed by atoms with Crippen molar-refractivity contribution < 1.29 is 19.4 Å². The van der Waals surface area contributed by atoms with Crippen molar-refractivity contribution in [3.63, 3.8) is 0 Å². The number of carbonyl (C=O) groups is 2. The number of benzene rings is 1. The lowest BCUT2D eigenvalue weighted by molar-refractivity contribution is -0.132. The third-order valence-electron chi connectivity index (χ3n) is 1.93. The van der Waals surface area contributed by atoms with Crippen LogP contribution in [0.15, 0.2) is 42.5 Å². The summed E-state index contributed by atoms with van der Waals surface area (Å²) in [6.07, 6.45) is 2.26. The Balaban J connectivity index is 2.90. The first-order valence-electron chi connectivity index (χ1n) is 4.86. The smallest absolute Gasteiger partial charge is 0.346 e. The van der Waals surface area contributed by atoms with Gasteiger partial charge in [0.2, 0.25) is 0 Å². The van der Waals surface area contributed by atoms with E-state index in [9.17, 15) is 9.59 Å². The Morgan fingerprint density at radius 3 is 2.39 bits per heavy atom. The Morgan fingerprint density at radius 2 is 1.94 bits per heavy atom. The van der Waals surface area contributed by atoms with Gasteiger partial charge in [0.15, 0.2) is 0 Å². The Bertz CT molecular complexity index is 549. The van der Waals surface area contributed by atoms with Gasteiger partial charge in [0.1, 0.15) is 17.4 Å². The van der Waals surface area contributed by atoms with E-state index >= 15 is 0 Å². The highest BCUT2D eigenvalue weighted by Crippen LogP contribution is 2.14. The summed E-state index contributed by atoms with van der Waals surface area (Å²) in [5.41, 5.74) is 0.151. The van der Waals surface area contributed by atoms with E-state index in [0.29, 0.717) is 11.3 Å². The number of carboxylic acid groups (broad SMARTS) is 1. The molecule has 1 aromatic rings. The minimum absolute atomic E-state index is 0.311. The first kappa shape index (κ1) is 13.2. The third kappa shape index (κ3) is 3.61. The molecule has 0 aliphatic rings. The summed E-state index contributed by atoms with van der Waals surface area (Å²) in [5, 5.41) is 17.3. The van der Waals surface area contributed by atoms with Crippen LogP contribution < -0.4 is 4.74 Å². The zero-order chi connectivity index (χ0) is 13.5. The lowest BCUT2D eigenvalue weighted by Crippen LogP contribution is -2.02. The van der Waals surface area contributed by atoms with Gasteiger partial charge in [-0.3, -0.25) is 0 Å². The van der Waals surface area contributed by atoms with Crippen LogP contribution in [0.4, 0.5) is 0 Å². The van der Waals surface area contributed by atoms with Gasteiger partial charge in [0, 0.05) is 6.08 Å². The summed E-state index contributed by atoms with van der Waals surface area (Å²) < 4.78 is 4.84. The van der Waals surface area contributed by atoms with Crippen molar-refractivity contribution in [3.05, 3.63) is 48.1 Å². The van der Waals surface area contributed by atoms with Crippen LogP contribution in [-0.2, 0) is 9.59 Å². The molecule has 0 heterocycles. The highest BCUT2D eigenvalue weighted by Gasteiger charge is 2.05. The molecule has 18 heavy (non-hydrogen) atoms. The number of esters is 1. The number of aliphatic carboxylic acids is 1. The maximum Gasteiger partial charge on any atom is 0.346 e. The summed E-state index contributed by atoms with van der Waals surface area (Å²) in [7, 11) is 0. The van der Waals surface area contributed by atoms with E-state index in [1.54, 1.807) is 6.07 Å². The lowest BCUT2D eigenvalue weighted by atomic mass is 10.1. The van der Waals surface area contributed by atoms with Crippen molar-refractivity contribution in [2.75, 3.05) is 0 Å². The van der Waals surface area contributed by atoms with Gasteiger partial charge in [-0.25, -0.2) is 9.59 Å². The SMILES string of the molecule is C=CC(=O)Oc1ccc(/C=C(/C#N)C(=O)O)cc1. The van der Waals surface area contributed by atoms with E-state index in [0.717, 1.165) is 6.08 Å². The molecule has 0 bridgehead atoms. The van der Waals surface area contributed by atoms with Gasteiger partial charge in [-0.2, -0.15) is 5.26 Å². The largest absolute Gasteiger partial charge is 0.477 e. The minimum atomic E-state index is -1.29. The van der Waals surface area contributed by atoms with Crippen molar-refractivity contribution in [1.29, 1.82) is 5.26 Å². The van der Waals surface area contributed by atoms with Crippen LogP contribution in [0.3, 0.4) is 0 Å². The fourth-order valence-electron chi connectivity index (χ4n) is 1.10. The predicted octanol–water partition coefficient (Wildman–Crippen LogP) is 1.77. The van der Waals surface area contributed by atoms with Crippen LogP contribution >= 0.6 is 0 Å². The predicted molar refractivity (Wildman–Crippen MR) is 63.5 cm³/mol. The first-order valence-corrected chi connectivity index (χ1v) is 4.86. The molecule has 0 aliphatic carbocycles. The van der Waals surface area contributed by atoms with Crippen LogP contribution in [0.25, 0.3) is 6.08 Å². The van der Waals surface area contributed by atoms with E-state index in [1.807, 2.05) is 0 Å². The molecule has 1 rings (SSSR count). The molecule has 0 saturated heterocycles. The molecule has 90 valence electrons. The molecule has 5 heteroatoms. The average Bonchev–Trinajstić information content (AvgIpc) is 2.37. The van der Waals surface area contributed by atoms with Crippen molar-refractivity contribution in [3.8, 4) is 11.8 Å². The van der Waals surface area contributed by atoms with Gasteiger partial charge in [0.05, 0.1) is 0 Å². The van der Waals surface area contributed by atoms with Crippen LogP contribution in [0.2, 0.25) is 0 Å². The molecule has 0 aliphatic heterocycles. The van der Waals surface area contributed by atoms with E-state index in [2.05, 4.69) is 6.58 Å². The van der Waals surface area contributed by atoms with Gasteiger partial charge in [-0.15, -0.1) is 0 Å². The highest BCUT2D eigenvalue weighted by molar-refractivity contribution is 5.96. The van der Waals surface area contributed by atoms with Gasteiger partial charge in [0.25, 0.3) is 0 Å². The molecule has 0 amide bonds. The van der Waals surface area contributed by atoms with E-state index < -0.39 is 11.9 Å². The van der Waals surface area contributed by atoms with Crippen LogP contribution in [0.5, 0.6) is 5.75 Å². The topological polar surface area (TPSA) is 87.4 Å². The molecule has 1 N–H and O–H groups in total. The van der Waals surface area contributed by atoms with Gasteiger partial charge in [-0.05, 0) is 23.8 Å². The number of ether oxygens (including phenoxy) is 1. The molecule has 0 atom stereocenters. The zero-order valence-electron chi connectivity index (χ0n) is 9.29. The normalized spacial score (nSPS) is 10.3.